The van der Waals surface area contributed by atoms with Crippen molar-refractivity contribution in [2.75, 3.05) is 19.7 Å². The normalized spacial score (nSPS) is 23.0. The number of aromatic nitrogens is 1. The molecule has 0 aromatic carbocycles. The first-order chi connectivity index (χ1) is 12.7. The van der Waals surface area contributed by atoms with Crippen molar-refractivity contribution in [3.05, 3.63) is 23.9 Å². The van der Waals surface area contributed by atoms with E-state index in [4.69, 9.17) is 9.73 Å². The summed E-state index contributed by atoms with van der Waals surface area (Å²) in [5.74, 6) is 1.58. The number of pyridine rings is 1. The van der Waals surface area contributed by atoms with E-state index in [0.29, 0.717) is 31.1 Å². The molecule has 7 heteroatoms. The maximum atomic E-state index is 5.53. The zero-order chi connectivity index (χ0) is 18.4. The minimum Gasteiger partial charge on any atom is -0.478 e. The van der Waals surface area contributed by atoms with Crippen molar-refractivity contribution in [1.82, 2.24) is 20.5 Å². The Bertz CT molecular complexity index is 591. The highest BCUT2D eigenvalue weighted by Crippen LogP contribution is 2.33. The van der Waals surface area contributed by atoms with Gasteiger partial charge in [0.15, 0.2) is 5.96 Å². The Kier molecular flexibility index (Phi) is 9.08. The third kappa shape index (κ3) is 6.78. The van der Waals surface area contributed by atoms with Crippen LogP contribution in [0, 0.1) is 0 Å². The molecule has 0 bridgehead atoms. The number of hydrogen-bond donors (Lipinski definition) is 2. The number of guanidine groups is 1. The van der Waals surface area contributed by atoms with Crippen LogP contribution in [-0.4, -0.2) is 53.7 Å². The van der Waals surface area contributed by atoms with Crippen molar-refractivity contribution in [2.24, 2.45) is 4.99 Å². The van der Waals surface area contributed by atoms with Gasteiger partial charge < -0.3 is 15.4 Å². The molecule has 1 aromatic rings. The molecule has 3 rings (SSSR count). The number of ether oxygens (including phenoxy) is 1. The minimum absolute atomic E-state index is 0. The molecule has 1 saturated carbocycles. The Labute approximate surface area is 180 Å². The molecular weight excluding hydrogens is 453 g/mol. The first-order valence-electron chi connectivity index (χ1n) is 10.1. The number of halogens is 1. The van der Waals surface area contributed by atoms with E-state index < -0.39 is 0 Å². The van der Waals surface area contributed by atoms with Crippen LogP contribution in [0.25, 0.3) is 0 Å². The number of nitrogens with one attached hydrogen (secondary N) is 2. The van der Waals surface area contributed by atoms with Crippen LogP contribution in [0.3, 0.4) is 0 Å². The third-order valence-electron chi connectivity index (χ3n) is 5.00. The molecule has 1 aliphatic carbocycles. The summed E-state index contributed by atoms with van der Waals surface area (Å²) in [5, 5.41) is 6.99. The molecule has 2 N–H and O–H groups in total. The predicted molar refractivity (Wildman–Crippen MR) is 121 cm³/mol. The maximum Gasteiger partial charge on any atom is 0.213 e. The van der Waals surface area contributed by atoms with Crippen LogP contribution in [-0.2, 0) is 6.54 Å². The van der Waals surface area contributed by atoms with Crippen LogP contribution in [0.15, 0.2) is 23.3 Å². The van der Waals surface area contributed by atoms with E-state index in [2.05, 4.69) is 41.3 Å². The molecule has 0 spiro atoms. The molecule has 2 atom stereocenters. The monoisotopic (exact) mass is 487 g/mol. The molecule has 1 aromatic heterocycles. The Morgan fingerprint density at radius 3 is 2.78 bits per heavy atom. The van der Waals surface area contributed by atoms with Crippen molar-refractivity contribution in [3.8, 4) is 5.88 Å². The molecule has 0 amide bonds. The van der Waals surface area contributed by atoms with Gasteiger partial charge in [0.25, 0.3) is 0 Å². The molecule has 27 heavy (non-hydrogen) atoms. The predicted octanol–water partition coefficient (Wildman–Crippen LogP) is 3.17. The van der Waals surface area contributed by atoms with E-state index in [-0.39, 0.29) is 24.0 Å². The number of aliphatic imine (C=N–C) groups is 1. The number of likely N-dealkylation sites (tertiary alicyclic amines) is 1. The molecule has 2 aliphatic rings. The average Bonchev–Trinajstić information content (AvgIpc) is 3.42. The van der Waals surface area contributed by atoms with Crippen molar-refractivity contribution in [2.45, 2.75) is 71.1 Å². The van der Waals surface area contributed by atoms with Crippen LogP contribution in [0.4, 0.5) is 0 Å². The zero-order valence-corrected chi connectivity index (χ0v) is 19.1. The number of hydrogen-bond acceptors (Lipinski definition) is 4. The van der Waals surface area contributed by atoms with Gasteiger partial charge in [-0.05, 0) is 45.1 Å². The van der Waals surface area contributed by atoms with E-state index in [1.54, 1.807) is 0 Å². The van der Waals surface area contributed by atoms with Gasteiger partial charge in [-0.25, -0.2) is 9.98 Å². The second-order valence-electron chi connectivity index (χ2n) is 7.40. The molecule has 2 fully saturated rings. The largest absolute Gasteiger partial charge is 0.478 e. The van der Waals surface area contributed by atoms with Crippen molar-refractivity contribution < 1.29 is 4.74 Å². The fraction of sp³-hybridized carbons (Fsp3) is 0.700. The molecule has 2 unspecified atom stereocenters. The van der Waals surface area contributed by atoms with Gasteiger partial charge in [0, 0.05) is 43.5 Å². The summed E-state index contributed by atoms with van der Waals surface area (Å²) in [7, 11) is 0. The zero-order valence-electron chi connectivity index (χ0n) is 16.8. The molecule has 6 nitrogen and oxygen atoms in total. The number of rotatable bonds is 8. The van der Waals surface area contributed by atoms with Gasteiger partial charge in [0.1, 0.15) is 0 Å². The van der Waals surface area contributed by atoms with E-state index in [1.165, 1.54) is 19.3 Å². The van der Waals surface area contributed by atoms with Gasteiger partial charge in [0.05, 0.1) is 13.2 Å². The molecule has 0 radical (unpaired) electrons. The average molecular weight is 487 g/mol. The van der Waals surface area contributed by atoms with Gasteiger partial charge in [-0.3, -0.25) is 4.90 Å². The molecule has 2 heterocycles. The van der Waals surface area contributed by atoms with Gasteiger partial charge in [-0.2, -0.15) is 0 Å². The summed E-state index contributed by atoms with van der Waals surface area (Å²) < 4.78 is 5.53. The summed E-state index contributed by atoms with van der Waals surface area (Å²) in [4.78, 5) is 11.7. The SMILES string of the molecule is CCCOc1ccc(CN=C(NCC)NC2CC(C)N(C3CC3)C2)cn1.I. The first-order valence-corrected chi connectivity index (χ1v) is 10.1. The van der Waals surface area contributed by atoms with Crippen LogP contribution >= 0.6 is 24.0 Å². The summed E-state index contributed by atoms with van der Waals surface area (Å²) in [6.45, 7) is 9.85. The molecular formula is C20H34IN5O. The Balaban J connectivity index is 0.00000261. The minimum atomic E-state index is 0. The van der Waals surface area contributed by atoms with Crippen LogP contribution in [0.5, 0.6) is 5.88 Å². The quantitative estimate of drug-likeness (QED) is 0.335. The lowest BCUT2D eigenvalue weighted by Crippen LogP contribution is -2.44. The van der Waals surface area contributed by atoms with Crippen LogP contribution < -0.4 is 15.4 Å². The van der Waals surface area contributed by atoms with E-state index in [9.17, 15) is 0 Å². The third-order valence-corrected chi connectivity index (χ3v) is 5.00. The lowest BCUT2D eigenvalue weighted by molar-refractivity contribution is 0.256. The van der Waals surface area contributed by atoms with Crippen LogP contribution in [0.2, 0.25) is 0 Å². The van der Waals surface area contributed by atoms with Gasteiger partial charge >= 0.3 is 0 Å². The fourth-order valence-electron chi connectivity index (χ4n) is 3.56. The standard InChI is InChI=1S/C20H33N5O.HI/c1-4-10-26-19-9-6-16(12-22-19)13-23-20(21-5-2)24-17-11-15(3)25(14-17)18-7-8-18;/h6,9,12,15,17-18H,4-5,7-8,10-11,13-14H2,1-3H3,(H2,21,23,24);1H. The summed E-state index contributed by atoms with van der Waals surface area (Å²) in [6.07, 6.45) is 6.77. The second-order valence-corrected chi connectivity index (χ2v) is 7.40. The van der Waals surface area contributed by atoms with Crippen molar-refractivity contribution in [3.63, 3.8) is 0 Å². The van der Waals surface area contributed by atoms with E-state index in [0.717, 1.165) is 37.1 Å². The van der Waals surface area contributed by atoms with Crippen LogP contribution in [0.1, 0.15) is 52.0 Å². The molecule has 152 valence electrons. The van der Waals surface area contributed by atoms with Crippen molar-refractivity contribution >= 4 is 29.9 Å². The topological polar surface area (TPSA) is 61.8 Å². The Morgan fingerprint density at radius 2 is 2.15 bits per heavy atom. The lowest BCUT2D eigenvalue weighted by atomic mass is 10.2. The highest BCUT2D eigenvalue weighted by atomic mass is 127. The summed E-state index contributed by atoms with van der Waals surface area (Å²) in [6, 6.07) is 5.94. The number of nitrogens with zero attached hydrogens (tertiary/aromatic N) is 3. The maximum absolute atomic E-state index is 5.53. The van der Waals surface area contributed by atoms with Gasteiger partial charge in [0.2, 0.25) is 5.88 Å². The highest BCUT2D eigenvalue weighted by Gasteiger charge is 2.38. The summed E-state index contributed by atoms with van der Waals surface area (Å²) in [5.41, 5.74) is 1.09. The van der Waals surface area contributed by atoms with Crippen molar-refractivity contribution in [1.29, 1.82) is 0 Å². The van der Waals surface area contributed by atoms with Gasteiger partial charge in [-0.15, -0.1) is 24.0 Å². The molecule has 1 aliphatic heterocycles. The molecule has 1 saturated heterocycles. The van der Waals surface area contributed by atoms with E-state index in [1.807, 2.05) is 18.3 Å². The Morgan fingerprint density at radius 1 is 1.33 bits per heavy atom. The highest BCUT2D eigenvalue weighted by molar-refractivity contribution is 14.0. The fourth-order valence-corrected chi connectivity index (χ4v) is 3.56. The second kappa shape index (κ2) is 11.0. The first kappa shape index (κ1) is 22.2. The Hall–Kier alpha value is -1.09. The summed E-state index contributed by atoms with van der Waals surface area (Å²) >= 11 is 0. The smallest absolute Gasteiger partial charge is 0.213 e. The van der Waals surface area contributed by atoms with E-state index >= 15 is 0 Å². The lowest BCUT2D eigenvalue weighted by Gasteiger charge is -2.20. The van der Waals surface area contributed by atoms with Gasteiger partial charge in [-0.1, -0.05) is 13.0 Å².